The van der Waals surface area contributed by atoms with Crippen molar-refractivity contribution >= 4 is 11.8 Å². The lowest BCUT2D eigenvalue weighted by Crippen LogP contribution is -2.27. The largest absolute Gasteiger partial charge is 0.378 e. The SMILES string of the molecule is C1CCC(CNCCCC2CCCO2)SC1. The lowest BCUT2D eigenvalue weighted by Gasteiger charge is -2.21. The highest BCUT2D eigenvalue weighted by Gasteiger charge is 2.15. The van der Waals surface area contributed by atoms with E-state index in [1.807, 2.05) is 0 Å². The molecule has 2 heterocycles. The Labute approximate surface area is 104 Å². The van der Waals surface area contributed by atoms with Gasteiger partial charge in [-0.05, 0) is 50.8 Å². The zero-order valence-corrected chi connectivity index (χ0v) is 11.1. The van der Waals surface area contributed by atoms with Gasteiger partial charge in [-0.1, -0.05) is 6.42 Å². The molecule has 3 heteroatoms. The molecule has 2 atom stereocenters. The number of hydrogen-bond acceptors (Lipinski definition) is 3. The maximum absolute atomic E-state index is 5.62. The monoisotopic (exact) mass is 243 g/mol. The first-order chi connectivity index (χ1) is 7.95. The van der Waals surface area contributed by atoms with Gasteiger partial charge in [0.2, 0.25) is 0 Å². The molecule has 94 valence electrons. The summed E-state index contributed by atoms with van der Waals surface area (Å²) in [6, 6.07) is 0. The van der Waals surface area contributed by atoms with E-state index in [1.54, 1.807) is 0 Å². The molecular formula is C13H25NOS. The number of ether oxygens (including phenoxy) is 1. The number of thioether (sulfide) groups is 1. The third-order valence-electron chi connectivity index (χ3n) is 3.55. The van der Waals surface area contributed by atoms with Crippen LogP contribution < -0.4 is 5.32 Å². The third-order valence-corrected chi connectivity index (χ3v) is 4.95. The van der Waals surface area contributed by atoms with E-state index in [0.717, 1.165) is 11.9 Å². The Balaban J connectivity index is 1.42. The van der Waals surface area contributed by atoms with E-state index in [2.05, 4.69) is 17.1 Å². The molecule has 0 radical (unpaired) electrons. The predicted octanol–water partition coefficient (Wildman–Crippen LogP) is 2.82. The quantitative estimate of drug-likeness (QED) is 0.725. The summed E-state index contributed by atoms with van der Waals surface area (Å²) in [6.07, 6.45) is 9.96. The van der Waals surface area contributed by atoms with Crippen molar-refractivity contribution in [1.82, 2.24) is 5.32 Å². The molecular weight excluding hydrogens is 218 g/mol. The summed E-state index contributed by atoms with van der Waals surface area (Å²) in [6.45, 7) is 3.39. The molecule has 0 saturated carbocycles. The highest BCUT2D eigenvalue weighted by atomic mass is 32.2. The first kappa shape index (κ1) is 12.7. The standard InChI is InChI=1S/C13H25NOS/c1-2-10-16-13(7-1)11-14-8-3-5-12-6-4-9-15-12/h12-14H,1-11H2. The Morgan fingerprint density at radius 1 is 1.19 bits per heavy atom. The Hall–Kier alpha value is 0.270. The normalized spacial score (nSPS) is 30.8. The van der Waals surface area contributed by atoms with Crippen LogP contribution in [0.2, 0.25) is 0 Å². The van der Waals surface area contributed by atoms with Gasteiger partial charge in [-0.15, -0.1) is 0 Å². The molecule has 2 saturated heterocycles. The van der Waals surface area contributed by atoms with Crippen LogP contribution in [-0.2, 0) is 4.74 Å². The van der Waals surface area contributed by atoms with Gasteiger partial charge in [0.15, 0.2) is 0 Å². The average Bonchev–Trinajstić information content (AvgIpc) is 2.83. The average molecular weight is 243 g/mol. The van der Waals surface area contributed by atoms with Crippen molar-refractivity contribution in [2.45, 2.75) is 56.3 Å². The van der Waals surface area contributed by atoms with Gasteiger partial charge in [0.25, 0.3) is 0 Å². The highest BCUT2D eigenvalue weighted by Crippen LogP contribution is 2.24. The first-order valence-corrected chi connectivity index (χ1v) is 7.94. The van der Waals surface area contributed by atoms with Crippen LogP contribution in [0, 0.1) is 0 Å². The van der Waals surface area contributed by atoms with Crippen LogP contribution in [0.1, 0.15) is 44.9 Å². The Bertz CT molecular complexity index is 177. The van der Waals surface area contributed by atoms with Gasteiger partial charge < -0.3 is 10.1 Å². The van der Waals surface area contributed by atoms with Crippen molar-refractivity contribution in [3.8, 4) is 0 Å². The van der Waals surface area contributed by atoms with Crippen LogP contribution in [0.25, 0.3) is 0 Å². The zero-order valence-electron chi connectivity index (χ0n) is 10.2. The summed E-state index contributed by atoms with van der Waals surface area (Å²) in [5.41, 5.74) is 0. The second-order valence-electron chi connectivity index (χ2n) is 4.97. The lowest BCUT2D eigenvalue weighted by molar-refractivity contribution is 0.102. The van der Waals surface area contributed by atoms with Crippen LogP contribution in [0.5, 0.6) is 0 Å². The van der Waals surface area contributed by atoms with Crippen molar-refractivity contribution in [1.29, 1.82) is 0 Å². The third kappa shape index (κ3) is 4.64. The van der Waals surface area contributed by atoms with E-state index >= 15 is 0 Å². The molecule has 2 fully saturated rings. The van der Waals surface area contributed by atoms with E-state index in [-0.39, 0.29) is 0 Å². The van der Waals surface area contributed by atoms with Gasteiger partial charge in [0.05, 0.1) is 6.10 Å². The molecule has 2 aliphatic rings. The lowest BCUT2D eigenvalue weighted by atomic mass is 10.1. The van der Waals surface area contributed by atoms with Crippen LogP contribution in [0.3, 0.4) is 0 Å². The summed E-state index contributed by atoms with van der Waals surface area (Å²) in [5.74, 6) is 1.38. The molecule has 1 N–H and O–H groups in total. The molecule has 0 aromatic heterocycles. The molecule has 2 nitrogen and oxygen atoms in total. The number of rotatable bonds is 6. The summed E-state index contributed by atoms with van der Waals surface area (Å²) in [7, 11) is 0. The van der Waals surface area contributed by atoms with E-state index in [9.17, 15) is 0 Å². The highest BCUT2D eigenvalue weighted by molar-refractivity contribution is 7.99. The Morgan fingerprint density at radius 3 is 2.94 bits per heavy atom. The molecule has 2 unspecified atom stereocenters. The van der Waals surface area contributed by atoms with Gasteiger partial charge in [-0.25, -0.2) is 0 Å². The number of nitrogens with one attached hydrogen (secondary N) is 1. The topological polar surface area (TPSA) is 21.3 Å². The minimum Gasteiger partial charge on any atom is -0.378 e. The second kappa shape index (κ2) is 7.57. The number of hydrogen-bond donors (Lipinski definition) is 1. The Morgan fingerprint density at radius 2 is 2.19 bits per heavy atom. The van der Waals surface area contributed by atoms with Gasteiger partial charge in [-0.2, -0.15) is 11.8 Å². The zero-order chi connectivity index (χ0) is 11.1. The summed E-state index contributed by atoms with van der Waals surface area (Å²) in [4.78, 5) is 0. The molecule has 0 aromatic carbocycles. The maximum Gasteiger partial charge on any atom is 0.0576 e. The second-order valence-corrected chi connectivity index (χ2v) is 6.38. The predicted molar refractivity (Wildman–Crippen MR) is 71.2 cm³/mol. The minimum absolute atomic E-state index is 0.575. The smallest absolute Gasteiger partial charge is 0.0576 e. The molecule has 2 rings (SSSR count). The van der Waals surface area contributed by atoms with Crippen molar-refractivity contribution in [2.75, 3.05) is 25.4 Å². The maximum atomic E-state index is 5.62. The fourth-order valence-corrected chi connectivity index (χ4v) is 3.83. The van der Waals surface area contributed by atoms with Crippen LogP contribution in [0.15, 0.2) is 0 Å². The molecule has 0 aromatic rings. The van der Waals surface area contributed by atoms with E-state index < -0.39 is 0 Å². The van der Waals surface area contributed by atoms with Crippen molar-refractivity contribution in [2.24, 2.45) is 0 Å². The van der Waals surface area contributed by atoms with Crippen LogP contribution >= 0.6 is 11.8 Å². The van der Waals surface area contributed by atoms with E-state index in [0.29, 0.717) is 6.10 Å². The van der Waals surface area contributed by atoms with Gasteiger partial charge >= 0.3 is 0 Å². The van der Waals surface area contributed by atoms with E-state index in [1.165, 1.54) is 63.8 Å². The summed E-state index contributed by atoms with van der Waals surface area (Å²) < 4.78 is 5.62. The fourth-order valence-electron chi connectivity index (χ4n) is 2.56. The first-order valence-electron chi connectivity index (χ1n) is 6.89. The minimum atomic E-state index is 0.575. The van der Waals surface area contributed by atoms with Gasteiger partial charge in [0.1, 0.15) is 0 Å². The summed E-state index contributed by atoms with van der Waals surface area (Å²) in [5, 5.41) is 4.49. The van der Waals surface area contributed by atoms with Crippen LogP contribution in [-0.4, -0.2) is 36.8 Å². The van der Waals surface area contributed by atoms with Gasteiger partial charge in [-0.3, -0.25) is 0 Å². The van der Waals surface area contributed by atoms with Crippen LogP contribution in [0.4, 0.5) is 0 Å². The van der Waals surface area contributed by atoms with Crippen molar-refractivity contribution < 1.29 is 4.74 Å². The van der Waals surface area contributed by atoms with Gasteiger partial charge in [0, 0.05) is 18.4 Å². The fraction of sp³-hybridized carbons (Fsp3) is 1.00. The Kier molecular flexibility index (Phi) is 6.02. The van der Waals surface area contributed by atoms with E-state index in [4.69, 9.17) is 4.74 Å². The molecule has 0 spiro atoms. The molecule has 16 heavy (non-hydrogen) atoms. The van der Waals surface area contributed by atoms with Crippen molar-refractivity contribution in [3.05, 3.63) is 0 Å². The molecule has 0 bridgehead atoms. The summed E-state index contributed by atoms with van der Waals surface area (Å²) >= 11 is 2.16. The molecule has 0 amide bonds. The molecule has 2 aliphatic heterocycles. The molecule has 0 aliphatic carbocycles. The van der Waals surface area contributed by atoms with Crippen molar-refractivity contribution in [3.63, 3.8) is 0 Å².